The molecule has 1 atom stereocenters. The van der Waals surface area contributed by atoms with Gasteiger partial charge in [-0.3, -0.25) is 4.79 Å². The van der Waals surface area contributed by atoms with Crippen LogP contribution >= 0.6 is 0 Å². The number of hydrogen-bond donors (Lipinski definition) is 3. The predicted molar refractivity (Wildman–Crippen MR) is 46.7 cm³/mol. The third kappa shape index (κ3) is 7.11. The molecule has 0 aromatic heterocycles. The van der Waals surface area contributed by atoms with E-state index >= 15 is 0 Å². The van der Waals surface area contributed by atoms with Crippen LogP contribution in [0.1, 0.15) is 26.7 Å². The topological polar surface area (TPSA) is 86.6 Å². The maximum Gasteiger partial charge on any atom is 0.404 e. The van der Waals surface area contributed by atoms with Gasteiger partial charge in [0, 0.05) is 6.04 Å². The van der Waals surface area contributed by atoms with Crippen molar-refractivity contribution >= 4 is 12.1 Å². The lowest BCUT2D eigenvalue weighted by molar-refractivity contribution is -0.137. The lowest BCUT2D eigenvalue weighted by atomic mass is 10.0. The van der Waals surface area contributed by atoms with E-state index in [1.165, 1.54) is 0 Å². The van der Waals surface area contributed by atoms with Gasteiger partial charge in [0.05, 0.1) is 6.42 Å². The maximum absolute atomic E-state index is 10.3. The van der Waals surface area contributed by atoms with Gasteiger partial charge in [-0.2, -0.15) is 0 Å². The standard InChI is InChI=1S/C8H15NO4/c1-5(2)3-6(4-7(10)11)9-8(12)13/h5-6,9H,3-4H2,1-2H3,(H,10,11)(H,12,13)/t6-/m0/s1. The fourth-order valence-electron chi connectivity index (χ4n) is 1.15. The molecule has 5 nitrogen and oxygen atoms in total. The summed E-state index contributed by atoms with van der Waals surface area (Å²) < 4.78 is 0. The van der Waals surface area contributed by atoms with Crippen LogP contribution in [0, 0.1) is 5.92 Å². The summed E-state index contributed by atoms with van der Waals surface area (Å²) in [6.45, 7) is 3.83. The minimum atomic E-state index is -1.17. The third-order valence-corrected chi connectivity index (χ3v) is 1.50. The molecule has 0 aliphatic rings. The van der Waals surface area contributed by atoms with Crippen LogP contribution in [0.2, 0.25) is 0 Å². The van der Waals surface area contributed by atoms with Crippen LogP contribution in [-0.2, 0) is 4.79 Å². The summed E-state index contributed by atoms with van der Waals surface area (Å²) in [4.78, 5) is 20.6. The molecule has 1 amide bonds. The van der Waals surface area contributed by atoms with Crippen LogP contribution in [0.25, 0.3) is 0 Å². The van der Waals surface area contributed by atoms with Crippen molar-refractivity contribution < 1.29 is 19.8 Å². The first-order valence-corrected chi connectivity index (χ1v) is 4.13. The summed E-state index contributed by atoms with van der Waals surface area (Å²) in [7, 11) is 0. The number of hydrogen-bond acceptors (Lipinski definition) is 2. The van der Waals surface area contributed by atoms with Gasteiger partial charge in [0.2, 0.25) is 0 Å². The molecule has 0 saturated heterocycles. The highest BCUT2D eigenvalue weighted by Crippen LogP contribution is 2.07. The smallest absolute Gasteiger partial charge is 0.404 e. The Bertz CT molecular complexity index is 175. The van der Waals surface area contributed by atoms with Gasteiger partial charge in [0.25, 0.3) is 0 Å². The molecule has 76 valence electrons. The van der Waals surface area contributed by atoms with Crippen LogP contribution in [0.4, 0.5) is 4.79 Å². The second kappa shape index (κ2) is 5.40. The zero-order chi connectivity index (χ0) is 10.4. The summed E-state index contributed by atoms with van der Waals surface area (Å²) in [6.07, 6.45) is -0.796. The van der Waals surface area contributed by atoms with E-state index in [1.807, 2.05) is 13.8 Å². The van der Waals surface area contributed by atoms with Crippen molar-refractivity contribution in [1.29, 1.82) is 0 Å². The summed E-state index contributed by atoms with van der Waals surface area (Å²) >= 11 is 0. The van der Waals surface area contributed by atoms with Gasteiger partial charge in [-0.1, -0.05) is 13.8 Å². The van der Waals surface area contributed by atoms with Crippen molar-refractivity contribution in [2.75, 3.05) is 0 Å². The number of carbonyl (C=O) groups is 2. The maximum atomic E-state index is 10.3. The van der Waals surface area contributed by atoms with E-state index in [4.69, 9.17) is 10.2 Å². The molecule has 0 unspecified atom stereocenters. The molecule has 0 rings (SSSR count). The first-order chi connectivity index (χ1) is 5.91. The van der Waals surface area contributed by atoms with E-state index in [0.29, 0.717) is 6.42 Å². The molecule has 0 heterocycles. The van der Waals surface area contributed by atoms with E-state index in [0.717, 1.165) is 0 Å². The molecule has 0 radical (unpaired) electrons. The van der Waals surface area contributed by atoms with E-state index in [-0.39, 0.29) is 12.3 Å². The molecule has 13 heavy (non-hydrogen) atoms. The Labute approximate surface area is 76.8 Å². The summed E-state index contributed by atoms with van der Waals surface area (Å²) in [5, 5.41) is 19.1. The van der Waals surface area contributed by atoms with Crippen LogP contribution in [0.3, 0.4) is 0 Å². The molecule has 0 aromatic carbocycles. The van der Waals surface area contributed by atoms with Gasteiger partial charge in [0.1, 0.15) is 0 Å². The monoisotopic (exact) mass is 189 g/mol. The van der Waals surface area contributed by atoms with Crippen molar-refractivity contribution in [3.63, 3.8) is 0 Å². The first-order valence-electron chi connectivity index (χ1n) is 4.13. The SMILES string of the molecule is CC(C)C[C@@H](CC(=O)O)NC(=O)O. The molecule has 0 saturated carbocycles. The van der Waals surface area contributed by atoms with Crippen molar-refractivity contribution in [1.82, 2.24) is 5.32 Å². The van der Waals surface area contributed by atoms with Crippen LogP contribution in [0.5, 0.6) is 0 Å². The number of aliphatic carboxylic acids is 1. The fourth-order valence-corrected chi connectivity index (χ4v) is 1.15. The Morgan fingerprint density at radius 2 is 1.85 bits per heavy atom. The number of rotatable bonds is 5. The average molecular weight is 189 g/mol. The molecule has 3 N–H and O–H groups in total. The molecule has 0 aromatic rings. The molecule has 0 bridgehead atoms. The Balaban J connectivity index is 4.02. The molecule has 0 aliphatic carbocycles. The van der Waals surface area contributed by atoms with Crippen molar-refractivity contribution in [3.05, 3.63) is 0 Å². The van der Waals surface area contributed by atoms with Crippen molar-refractivity contribution in [3.8, 4) is 0 Å². The zero-order valence-corrected chi connectivity index (χ0v) is 7.78. The summed E-state index contributed by atoms with van der Waals surface area (Å²) in [6, 6.07) is -0.491. The van der Waals surface area contributed by atoms with E-state index in [1.54, 1.807) is 0 Å². The Hall–Kier alpha value is -1.26. The van der Waals surface area contributed by atoms with Gasteiger partial charge in [-0.15, -0.1) is 0 Å². The second-order valence-electron chi connectivity index (χ2n) is 3.37. The first kappa shape index (κ1) is 11.7. The van der Waals surface area contributed by atoms with Crippen molar-refractivity contribution in [2.24, 2.45) is 5.92 Å². The predicted octanol–water partition coefficient (Wildman–Crippen LogP) is 1.14. The van der Waals surface area contributed by atoms with Gasteiger partial charge < -0.3 is 15.5 Å². The average Bonchev–Trinajstić information content (AvgIpc) is 1.80. The van der Waals surface area contributed by atoms with Crippen molar-refractivity contribution in [2.45, 2.75) is 32.7 Å². The van der Waals surface area contributed by atoms with Gasteiger partial charge in [-0.05, 0) is 12.3 Å². The minimum absolute atomic E-state index is 0.162. The Morgan fingerprint density at radius 3 is 2.15 bits per heavy atom. The highest BCUT2D eigenvalue weighted by atomic mass is 16.4. The van der Waals surface area contributed by atoms with E-state index in [9.17, 15) is 9.59 Å². The van der Waals surface area contributed by atoms with Gasteiger partial charge in [-0.25, -0.2) is 4.79 Å². The van der Waals surface area contributed by atoms with Crippen LogP contribution in [0.15, 0.2) is 0 Å². The fraction of sp³-hybridized carbons (Fsp3) is 0.750. The Kier molecular flexibility index (Phi) is 4.87. The lowest BCUT2D eigenvalue weighted by Gasteiger charge is -2.16. The quantitative estimate of drug-likeness (QED) is 0.605. The lowest BCUT2D eigenvalue weighted by Crippen LogP contribution is -2.36. The van der Waals surface area contributed by atoms with E-state index in [2.05, 4.69) is 5.32 Å². The zero-order valence-electron chi connectivity index (χ0n) is 7.78. The summed E-state index contributed by atoms with van der Waals surface area (Å²) in [5.74, 6) is -0.712. The molecule has 0 aliphatic heterocycles. The molecule has 5 heteroatoms. The molecular weight excluding hydrogens is 174 g/mol. The van der Waals surface area contributed by atoms with Crippen LogP contribution < -0.4 is 5.32 Å². The number of nitrogens with one attached hydrogen (secondary N) is 1. The van der Waals surface area contributed by atoms with Gasteiger partial charge >= 0.3 is 12.1 Å². The van der Waals surface area contributed by atoms with Crippen LogP contribution in [-0.4, -0.2) is 28.3 Å². The number of carboxylic acids is 1. The minimum Gasteiger partial charge on any atom is -0.481 e. The molecule has 0 fully saturated rings. The largest absolute Gasteiger partial charge is 0.481 e. The number of amides is 1. The number of carboxylic acid groups (broad SMARTS) is 2. The third-order valence-electron chi connectivity index (χ3n) is 1.50. The van der Waals surface area contributed by atoms with E-state index < -0.39 is 18.1 Å². The highest BCUT2D eigenvalue weighted by molar-refractivity contribution is 5.70. The molecular formula is C8H15NO4. The molecule has 0 spiro atoms. The summed E-state index contributed by atoms with van der Waals surface area (Å²) in [5.41, 5.74) is 0. The highest BCUT2D eigenvalue weighted by Gasteiger charge is 2.16. The van der Waals surface area contributed by atoms with Gasteiger partial charge in [0.15, 0.2) is 0 Å². The normalized spacial score (nSPS) is 12.5. The second-order valence-corrected chi connectivity index (χ2v) is 3.37. The Morgan fingerprint density at radius 1 is 1.31 bits per heavy atom.